The first-order valence-corrected chi connectivity index (χ1v) is 14.6. The van der Waals surface area contributed by atoms with Crippen molar-refractivity contribution < 1.29 is 23.6 Å². The van der Waals surface area contributed by atoms with Crippen molar-refractivity contribution in [1.82, 2.24) is 25.4 Å². The molecule has 4 rings (SSSR count). The zero-order valence-corrected chi connectivity index (χ0v) is 24.9. The van der Waals surface area contributed by atoms with Crippen molar-refractivity contribution in [1.29, 1.82) is 0 Å². The van der Waals surface area contributed by atoms with E-state index < -0.39 is 35.8 Å². The van der Waals surface area contributed by atoms with Crippen LogP contribution in [0.1, 0.15) is 41.3 Å². The van der Waals surface area contributed by atoms with E-state index in [1.165, 1.54) is 48.6 Å². The number of pyridine rings is 1. The van der Waals surface area contributed by atoms with Crippen molar-refractivity contribution in [2.24, 2.45) is 0 Å². The minimum absolute atomic E-state index is 0.0978. The van der Waals surface area contributed by atoms with Crippen molar-refractivity contribution in [2.75, 3.05) is 20.1 Å². The van der Waals surface area contributed by atoms with Gasteiger partial charge in [0.1, 0.15) is 23.9 Å². The van der Waals surface area contributed by atoms with Crippen LogP contribution in [0, 0.1) is 5.82 Å². The predicted molar refractivity (Wildman–Crippen MR) is 161 cm³/mol. The van der Waals surface area contributed by atoms with Gasteiger partial charge in [0, 0.05) is 56.0 Å². The Kier molecular flexibility index (Phi) is 10.8. The summed E-state index contributed by atoms with van der Waals surface area (Å²) in [7, 11) is 1.52. The van der Waals surface area contributed by atoms with Crippen LogP contribution in [-0.4, -0.2) is 76.7 Å². The number of aromatic nitrogens is 1. The summed E-state index contributed by atoms with van der Waals surface area (Å²) in [6.45, 7) is 2.23. The monoisotopic (exact) mass is 607 g/mol. The molecule has 0 aliphatic carbocycles. The number of rotatable bonds is 11. The Balaban J connectivity index is 1.60. The van der Waals surface area contributed by atoms with E-state index in [1.807, 2.05) is 19.1 Å². The molecule has 1 fully saturated rings. The van der Waals surface area contributed by atoms with Crippen LogP contribution in [0.2, 0.25) is 5.02 Å². The number of nitrogens with one attached hydrogen (secondary N) is 2. The lowest BCUT2D eigenvalue weighted by molar-refractivity contribution is -0.156. The van der Waals surface area contributed by atoms with Crippen LogP contribution in [0.5, 0.6) is 0 Å². The largest absolute Gasteiger partial charge is 0.357 e. The summed E-state index contributed by atoms with van der Waals surface area (Å²) >= 11 is 6.03. The van der Waals surface area contributed by atoms with Gasteiger partial charge < -0.3 is 20.4 Å². The highest BCUT2D eigenvalue weighted by Gasteiger charge is 2.43. The minimum atomic E-state index is -1.02. The van der Waals surface area contributed by atoms with Crippen molar-refractivity contribution >= 4 is 35.2 Å². The molecule has 1 aliphatic heterocycles. The fraction of sp³-hybridized carbons (Fsp3) is 0.344. The van der Waals surface area contributed by atoms with Crippen LogP contribution >= 0.6 is 11.6 Å². The summed E-state index contributed by atoms with van der Waals surface area (Å²) in [6, 6.07) is 13.3. The van der Waals surface area contributed by atoms with E-state index in [4.69, 9.17) is 11.6 Å². The SMILES string of the molecule is CCCC1C(=O)N(C(Cc2ccc(Cl)cc2)C(=O)NC)CCN1C(=O)C(Cc1ccc(F)cc1)NC(=O)c1ccncc1. The van der Waals surface area contributed by atoms with Gasteiger partial charge in [-0.2, -0.15) is 0 Å². The Morgan fingerprint density at radius 3 is 2.23 bits per heavy atom. The molecule has 1 aliphatic rings. The number of benzene rings is 2. The molecule has 2 aromatic carbocycles. The van der Waals surface area contributed by atoms with Crippen LogP contribution in [0.25, 0.3) is 0 Å². The topological polar surface area (TPSA) is 112 Å². The molecular formula is C32H35ClFN5O4. The van der Waals surface area contributed by atoms with Crippen molar-refractivity contribution in [3.05, 3.63) is 101 Å². The Hall–Kier alpha value is -4.31. The molecule has 2 N–H and O–H groups in total. The Morgan fingerprint density at radius 1 is 0.977 bits per heavy atom. The number of piperazine rings is 1. The van der Waals surface area contributed by atoms with Gasteiger partial charge in [0.2, 0.25) is 17.7 Å². The summed E-state index contributed by atoms with van der Waals surface area (Å²) in [4.78, 5) is 61.2. The van der Waals surface area contributed by atoms with Gasteiger partial charge in [0.05, 0.1) is 0 Å². The lowest BCUT2D eigenvalue weighted by Crippen LogP contribution is -2.65. The second kappa shape index (κ2) is 14.7. The highest BCUT2D eigenvalue weighted by Crippen LogP contribution is 2.23. The lowest BCUT2D eigenvalue weighted by Gasteiger charge is -2.44. The molecule has 0 radical (unpaired) electrons. The maximum absolute atomic E-state index is 14.1. The van der Waals surface area contributed by atoms with Crippen LogP contribution in [0.4, 0.5) is 4.39 Å². The summed E-state index contributed by atoms with van der Waals surface area (Å²) in [5, 5.41) is 6.05. The standard InChI is InChI=1S/C32H35ClFN5O4/c1-3-4-27-32(43)39(28(30(41)35-2)20-22-5-9-24(33)10-6-22)18-17-38(27)31(42)26(19-21-7-11-25(34)12-8-21)37-29(40)23-13-15-36-16-14-23/h5-16,26-28H,3-4,17-20H2,1-2H3,(H,35,41)(H,37,40). The van der Waals surface area contributed by atoms with Gasteiger partial charge in [-0.25, -0.2) is 4.39 Å². The first-order chi connectivity index (χ1) is 20.7. The average molecular weight is 608 g/mol. The molecule has 0 spiro atoms. The Labute approximate surface area is 255 Å². The van der Waals surface area contributed by atoms with Gasteiger partial charge >= 0.3 is 0 Å². The zero-order chi connectivity index (χ0) is 30.9. The highest BCUT2D eigenvalue weighted by atomic mass is 35.5. The van der Waals surface area contributed by atoms with Gasteiger partial charge in [-0.15, -0.1) is 0 Å². The number of likely N-dealkylation sites (N-methyl/N-ethyl adjacent to an activating group) is 1. The van der Waals surface area contributed by atoms with Crippen LogP contribution in [0.15, 0.2) is 73.1 Å². The van der Waals surface area contributed by atoms with Gasteiger partial charge in [0.25, 0.3) is 5.91 Å². The summed E-state index contributed by atoms with van der Waals surface area (Å²) in [5.74, 6) is -1.95. The number of carbonyl (C=O) groups is 4. The normalized spacial score (nSPS) is 16.4. The molecule has 3 aromatic rings. The fourth-order valence-electron chi connectivity index (χ4n) is 5.29. The molecule has 1 aromatic heterocycles. The molecule has 3 unspecified atom stereocenters. The van der Waals surface area contributed by atoms with E-state index in [0.29, 0.717) is 29.0 Å². The first-order valence-electron chi connectivity index (χ1n) is 14.2. The molecule has 1 saturated heterocycles. The molecule has 43 heavy (non-hydrogen) atoms. The third-order valence-corrected chi connectivity index (χ3v) is 7.79. The quantitative estimate of drug-likeness (QED) is 0.347. The number of amides is 4. The fourth-order valence-corrected chi connectivity index (χ4v) is 5.41. The smallest absolute Gasteiger partial charge is 0.252 e. The molecule has 0 bridgehead atoms. The zero-order valence-electron chi connectivity index (χ0n) is 24.1. The molecular weight excluding hydrogens is 573 g/mol. The van der Waals surface area contributed by atoms with E-state index in [0.717, 1.165) is 5.56 Å². The predicted octanol–water partition coefficient (Wildman–Crippen LogP) is 3.41. The van der Waals surface area contributed by atoms with Crippen LogP contribution in [0.3, 0.4) is 0 Å². The maximum atomic E-state index is 14.1. The minimum Gasteiger partial charge on any atom is -0.357 e. The summed E-state index contributed by atoms with van der Waals surface area (Å²) < 4.78 is 13.6. The van der Waals surface area contributed by atoms with E-state index in [1.54, 1.807) is 29.2 Å². The second-order valence-corrected chi connectivity index (χ2v) is 10.9. The molecule has 4 amide bonds. The molecule has 11 heteroatoms. The summed E-state index contributed by atoms with van der Waals surface area (Å²) in [5.41, 5.74) is 1.82. The summed E-state index contributed by atoms with van der Waals surface area (Å²) in [6.07, 6.45) is 4.33. The third-order valence-electron chi connectivity index (χ3n) is 7.54. The van der Waals surface area contributed by atoms with Gasteiger partial charge in [-0.05, 0) is 53.9 Å². The van der Waals surface area contributed by atoms with Gasteiger partial charge in [-0.3, -0.25) is 24.2 Å². The van der Waals surface area contributed by atoms with E-state index in [-0.39, 0.29) is 37.7 Å². The van der Waals surface area contributed by atoms with Crippen molar-refractivity contribution in [2.45, 2.75) is 50.7 Å². The number of nitrogens with zero attached hydrogens (tertiary/aromatic N) is 3. The van der Waals surface area contributed by atoms with Crippen molar-refractivity contribution in [3.63, 3.8) is 0 Å². The Bertz CT molecular complexity index is 1420. The molecule has 9 nitrogen and oxygen atoms in total. The second-order valence-electron chi connectivity index (χ2n) is 10.4. The number of halogens is 2. The third kappa shape index (κ3) is 7.95. The number of carbonyl (C=O) groups excluding carboxylic acids is 4. The van der Waals surface area contributed by atoms with Gasteiger partial charge in [0.15, 0.2) is 0 Å². The van der Waals surface area contributed by atoms with Crippen LogP contribution in [-0.2, 0) is 27.2 Å². The first kappa shape index (κ1) is 31.6. The average Bonchev–Trinajstić information content (AvgIpc) is 3.02. The molecule has 2 heterocycles. The molecule has 0 saturated carbocycles. The molecule has 3 atom stereocenters. The molecule has 226 valence electrons. The van der Waals surface area contributed by atoms with E-state index >= 15 is 0 Å². The van der Waals surface area contributed by atoms with Gasteiger partial charge in [-0.1, -0.05) is 49.2 Å². The van der Waals surface area contributed by atoms with Crippen LogP contribution < -0.4 is 10.6 Å². The Morgan fingerprint density at radius 2 is 1.60 bits per heavy atom. The van der Waals surface area contributed by atoms with E-state index in [2.05, 4.69) is 15.6 Å². The number of hydrogen-bond acceptors (Lipinski definition) is 5. The van der Waals surface area contributed by atoms with Crippen molar-refractivity contribution in [3.8, 4) is 0 Å². The highest BCUT2D eigenvalue weighted by molar-refractivity contribution is 6.30. The maximum Gasteiger partial charge on any atom is 0.252 e. The van der Waals surface area contributed by atoms with E-state index in [9.17, 15) is 23.6 Å². The lowest BCUT2D eigenvalue weighted by atomic mass is 9.97. The number of hydrogen-bond donors (Lipinski definition) is 2.